The van der Waals surface area contributed by atoms with Crippen LogP contribution in [-0.2, 0) is 0 Å². The van der Waals surface area contributed by atoms with E-state index in [0.717, 1.165) is 32.2 Å². The Kier molecular flexibility index (Phi) is 6.44. The summed E-state index contributed by atoms with van der Waals surface area (Å²) in [5, 5.41) is 23.1. The van der Waals surface area contributed by atoms with E-state index in [1.807, 2.05) is 18.2 Å². The van der Waals surface area contributed by atoms with Gasteiger partial charge >= 0.3 is 6.01 Å². The quantitative estimate of drug-likeness (QED) is 0.297. The first-order valence-corrected chi connectivity index (χ1v) is 15.5. The van der Waals surface area contributed by atoms with Crippen LogP contribution in [0.15, 0.2) is 42.5 Å². The van der Waals surface area contributed by atoms with Crippen LogP contribution in [0.5, 0.6) is 11.8 Å². The first kappa shape index (κ1) is 27.5. The van der Waals surface area contributed by atoms with Gasteiger partial charge in [-0.3, -0.25) is 4.90 Å². The summed E-state index contributed by atoms with van der Waals surface area (Å²) in [6.45, 7) is 2.78. The van der Waals surface area contributed by atoms with Crippen molar-refractivity contribution in [1.29, 1.82) is 0 Å². The van der Waals surface area contributed by atoms with Crippen molar-refractivity contribution in [3.63, 3.8) is 0 Å². The molecule has 2 N–H and O–H groups in total. The van der Waals surface area contributed by atoms with Crippen LogP contribution in [0.4, 0.5) is 14.6 Å². The van der Waals surface area contributed by atoms with Gasteiger partial charge < -0.3 is 19.8 Å². The van der Waals surface area contributed by atoms with Gasteiger partial charge in [-0.2, -0.15) is 9.97 Å². The number of aromatic hydroxyl groups is 1. The van der Waals surface area contributed by atoms with Gasteiger partial charge in [-0.1, -0.05) is 24.1 Å². The highest BCUT2D eigenvalue weighted by molar-refractivity contribution is 6.04. The number of hydrogen-bond donors (Lipinski definition) is 2. The van der Waals surface area contributed by atoms with Crippen LogP contribution >= 0.6 is 0 Å². The molecular formula is C35H34F2N4O3. The standard InChI is InChI=1S/C35H34F2N4O3/c1-2-21-5-3-6-22-13-25(42)14-28(30(21)22)26-7-8-27-32(31(26)37)38-34(44-19-35-9-4-10-41(35)18-24(36)15-35)39-33(27)40-16-20-11-23(17-40)29(43)12-20/h1,3,5-8,13-14,20,23-24,29,42-43H,4,9-12,15-19H2/t20?,23?,24-,29?,35+/m1/s1. The largest absolute Gasteiger partial charge is 0.508 e. The van der Waals surface area contributed by atoms with Gasteiger partial charge in [0.05, 0.1) is 11.6 Å². The van der Waals surface area contributed by atoms with E-state index >= 15 is 4.39 Å². The van der Waals surface area contributed by atoms with E-state index in [1.165, 1.54) is 6.07 Å². The summed E-state index contributed by atoms with van der Waals surface area (Å²) in [4.78, 5) is 13.7. The highest BCUT2D eigenvalue weighted by atomic mass is 19.1. The average molecular weight is 597 g/mol. The molecule has 44 heavy (non-hydrogen) atoms. The summed E-state index contributed by atoms with van der Waals surface area (Å²) in [7, 11) is 0. The Morgan fingerprint density at radius 1 is 1.09 bits per heavy atom. The molecule has 226 valence electrons. The predicted octanol–water partition coefficient (Wildman–Crippen LogP) is 5.44. The number of fused-ring (bicyclic) bond motifs is 5. The maximum Gasteiger partial charge on any atom is 0.319 e. The van der Waals surface area contributed by atoms with E-state index < -0.39 is 17.5 Å². The number of benzene rings is 3. The van der Waals surface area contributed by atoms with Gasteiger partial charge in [0, 0.05) is 53.9 Å². The Bertz CT molecular complexity index is 1840. The number of halogens is 2. The van der Waals surface area contributed by atoms with Crippen LogP contribution in [0.3, 0.4) is 0 Å². The summed E-state index contributed by atoms with van der Waals surface area (Å²) < 4.78 is 37.5. The van der Waals surface area contributed by atoms with Crippen LogP contribution in [0.2, 0.25) is 0 Å². The lowest BCUT2D eigenvalue weighted by molar-refractivity contribution is 0.107. The number of aliphatic hydroxyl groups is 1. The number of aromatic nitrogens is 2. The maximum atomic E-state index is 16.8. The van der Waals surface area contributed by atoms with Crippen LogP contribution < -0.4 is 9.64 Å². The molecule has 1 aromatic heterocycles. The van der Waals surface area contributed by atoms with E-state index in [0.29, 0.717) is 65.1 Å². The molecule has 0 radical (unpaired) electrons. The zero-order valence-corrected chi connectivity index (χ0v) is 24.3. The average Bonchev–Trinajstić information content (AvgIpc) is 3.63. The monoisotopic (exact) mass is 596 g/mol. The number of alkyl halides is 1. The molecule has 4 aliphatic rings. The van der Waals surface area contributed by atoms with Crippen molar-refractivity contribution in [3.05, 3.63) is 53.8 Å². The molecule has 7 nitrogen and oxygen atoms in total. The molecule has 5 atom stereocenters. The summed E-state index contributed by atoms with van der Waals surface area (Å²) in [5.74, 6) is 3.14. The van der Waals surface area contributed by atoms with Crippen molar-refractivity contribution in [2.24, 2.45) is 11.8 Å². The highest BCUT2D eigenvalue weighted by Crippen LogP contribution is 2.44. The molecule has 9 heteroatoms. The van der Waals surface area contributed by atoms with Crippen molar-refractivity contribution in [1.82, 2.24) is 14.9 Å². The minimum Gasteiger partial charge on any atom is -0.508 e. The number of ether oxygens (including phenoxy) is 1. The number of hydrogen-bond acceptors (Lipinski definition) is 7. The molecule has 3 aromatic carbocycles. The van der Waals surface area contributed by atoms with Gasteiger partial charge in [0.2, 0.25) is 0 Å². The third kappa shape index (κ3) is 4.38. The van der Waals surface area contributed by atoms with Gasteiger partial charge in [0.1, 0.15) is 29.9 Å². The van der Waals surface area contributed by atoms with Crippen molar-refractivity contribution < 1.29 is 23.7 Å². The van der Waals surface area contributed by atoms with E-state index in [1.54, 1.807) is 18.2 Å². The first-order valence-electron chi connectivity index (χ1n) is 15.5. The fraction of sp³-hybridized carbons (Fsp3) is 0.429. The number of nitrogens with zero attached hydrogens (tertiary/aromatic N) is 4. The highest BCUT2D eigenvalue weighted by Gasteiger charge is 2.49. The van der Waals surface area contributed by atoms with Gasteiger partial charge in [-0.05, 0) is 73.4 Å². The van der Waals surface area contributed by atoms with E-state index in [-0.39, 0.29) is 41.5 Å². The third-order valence-electron chi connectivity index (χ3n) is 10.4. The Labute approximate surface area is 254 Å². The smallest absolute Gasteiger partial charge is 0.319 e. The Morgan fingerprint density at radius 2 is 1.98 bits per heavy atom. The zero-order valence-electron chi connectivity index (χ0n) is 24.3. The second-order valence-corrected chi connectivity index (χ2v) is 13.1. The normalized spacial score (nSPS) is 28.1. The summed E-state index contributed by atoms with van der Waals surface area (Å²) in [6, 6.07) is 12.1. The van der Waals surface area contributed by atoms with Crippen LogP contribution in [0, 0.1) is 30.0 Å². The lowest BCUT2D eigenvalue weighted by Crippen LogP contribution is -2.43. The fourth-order valence-electron chi connectivity index (χ4n) is 8.43. The Balaban J connectivity index is 1.27. The number of terminal acetylenes is 1. The van der Waals surface area contributed by atoms with E-state index in [9.17, 15) is 14.6 Å². The van der Waals surface area contributed by atoms with Gasteiger partial charge in [-0.15, -0.1) is 6.42 Å². The lowest BCUT2D eigenvalue weighted by Gasteiger charge is -2.34. The second kappa shape index (κ2) is 10.3. The summed E-state index contributed by atoms with van der Waals surface area (Å²) in [5.41, 5.74) is 1.01. The number of piperidine rings is 1. The van der Waals surface area contributed by atoms with Crippen molar-refractivity contribution in [2.75, 3.05) is 37.7 Å². The van der Waals surface area contributed by atoms with Gasteiger partial charge in [0.15, 0.2) is 5.82 Å². The SMILES string of the molecule is C#Cc1cccc2cc(O)cc(-c3ccc4c(N5CC6CC(O)C(C6)C5)nc(OC[C@@]56CCCN5C[C@H](F)C6)nc4c3F)c12. The number of phenolic OH excluding ortho intramolecular Hbond substituents is 1. The number of rotatable bonds is 5. The molecular weight excluding hydrogens is 562 g/mol. The number of aliphatic hydroxyl groups excluding tert-OH is 1. The van der Waals surface area contributed by atoms with Crippen LogP contribution in [0.1, 0.15) is 37.7 Å². The van der Waals surface area contributed by atoms with E-state index in [4.69, 9.17) is 16.1 Å². The van der Waals surface area contributed by atoms with Crippen LogP contribution in [0.25, 0.3) is 32.8 Å². The summed E-state index contributed by atoms with van der Waals surface area (Å²) >= 11 is 0. The molecule has 3 unspecified atom stereocenters. The molecule has 3 saturated heterocycles. The first-order chi connectivity index (χ1) is 21.3. The minimum absolute atomic E-state index is 0.000906. The molecule has 0 spiro atoms. The molecule has 4 fully saturated rings. The molecule has 4 heterocycles. The molecule has 1 saturated carbocycles. The molecule has 4 aromatic rings. The zero-order chi connectivity index (χ0) is 30.2. The molecule has 8 rings (SSSR count). The fourth-order valence-corrected chi connectivity index (χ4v) is 8.43. The minimum atomic E-state index is -0.896. The summed E-state index contributed by atoms with van der Waals surface area (Å²) in [6.07, 6.45) is 8.51. The second-order valence-electron chi connectivity index (χ2n) is 13.1. The van der Waals surface area contributed by atoms with E-state index in [2.05, 4.69) is 20.7 Å². The van der Waals surface area contributed by atoms with Crippen LogP contribution in [-0.4, -0.2) is 75.7 Å². The molecule has 2 bridgehead atoms. The third-order valence-corrected chi connectivity index (χ3v) is 10.4. The predicted molar refractivity (Wildman–Crippen MR) is 165 cm³/mol. The number of anilines is 1. The number of phenols is 1. The van der Waals surface area contributed by atoms with Gasteiger partial charge in [0.25, 0.3) is 0 Å². The maximum absolute atomic E-state index is 16.8. The van der Waals surface area contributed by atoms with Crippen molar-refractivity contribution in [3.8, 4) is 35.2 Å². The van der Waals surface area contributed by atoms with Crippen molar-refractivity contribution >= 4 is 27.5 Å². The van der Waals surface area contributed by atoms with Gasteiger partial charge in [-0.25, -0.2) is 8.78 Å². The lowest BCUT2D eigenvalue weighted by atomic mass is 9.93. The Hall–Kier alpha value is -4.00. The topological polar surface area (TPSA) is 82.0 Å². The Morgan fingerprint density at radius 3 is 2.82 bits per heavy atom. The molecule has 3 aliphatic heterocycles. The van der Waals surface area contributed by atoms with Crippen molar-refractivity contribution in [2.45, 2.75) is 49.9 Å². The molecule has 0 amide bonds. The molecule has 1 aliphatic carbocycles.